The third-order valence-electron chi connectivity index (χ3n) is 6.70. The van der Waals surface area contributed by atoms with Crippen molar-refractivity contribution < 1.29 is 9.18 Å². The van der Waals surface area contributed by atoms with Crippen molar-refractivity contribution in [3.63, 3.8) is 0 Å². The molecule has 0 bridgehead atoms. The molecule has 0 fully saturated rings. The first-order chi connectivity index (χ1) is 17.6. The van der Waals surface area contributed by atoms with Crippen LogP contribution >= 0.6 is 22.9 Å². The van der Waals surface area contributed by atoms with Gasteiger partial charge in [0.25, 0.3) is 0 Å². The number of thiophene rings is 1. The predicted octanol–water partition coefficient (Wildman–Crippen LogP) is 5.73. The van der Waals surface area contributed by atoms with Gasteiger partial charge in [-0.2, -0.15) is 0 Å². The molecule has 2 aromatic heterocycles. The lowest BCUT2D eigenvalue weighted by molar-refractivity contribution is -0.126. The first kappa shape index (κ1) is 22.9. The van der Waals surface area contributed by atoms with E-state index in [1.165, 1.54) is 29.7 Å². The highest BCUT2D eigenvalue weighted by molar-refractivity contribution is 7.19. The fourth-order valence-corrected chi connectivity index (χ4v) is 6.29. The highest BCUT2D eigenvalue weighted by Crippen LogP contribution is 2.38. The highest BCUT2D eigenvalue weighted by atomic mass is 35.5. The molecular weight excluding hydrogens is 497 g/mol. The van der Waals surface area contributed by atoms with Crippen LogP contribution in [0.15, 0.2) is 60.9 Å². The summed E-state index contributed by atoms with van der Waals surface area (Å²) in [5.74, 6) is 0.216. The third-order valence-corrected chi connectivity index (χ3v) is 8.11. The van der Waals surface area contributed by atoms with Gasteiger partial charge >= 0.3 is 0 Å². The minimum atomic E-state index is -0.466. The smallest absolute Gasteiger partial charge is 0.246 e. The van der Waals surface area contributed by atoms with Gasteiger partial charge in [-0.05, 0) is 48.2 Å². The van der Waals surface area contributed by atoms with Gasteiger partial charge in [0.1, 0.15) is 22.8 Å². The molecule has 36 heavy (non-hydrogen) atoms. The van der Waals surface area contributed by atoms with Crippen LogP contribution in [0.5, 0.6) is 0 Å². The zero-order valence-corrected chi connectivity index (χ0v) is 20.9. The second-order valence-electron chi connectivity index (χ2n) is 8.90. The van der Waals surface area contributed by atoms with Gasteiger partial charge < -0.3 is 15.1 Å². The van der Waals surface area contributed by atoms with E-state index in [2.05, 4.69) is 44.5 Å². The Hall–Kier alpha value is -3.49. The van der Waals surface area contributed by atoms with Crippen LogP contribution in [-0.2, 0) is 24.2 Å². The molecule has 9 heteroatoms. The zero-order chi connectivity index (χ0) is 24.6. The number of hydrogen-bond donors (Lipinski definition) is 1. The van der Waals surface area contributed by atoms with Gasteiger partial charge in [0.2, 0.25) is 5.91 Å². The number of carbonyl (C=O) groups is 1. The Morgan fingerprint density at radius 1 is 1.17 bits per heavy atom. The largest absolute Gasteiger partial charge is 0.367 e. The first-order valence-electron chi connectivity index (χ1n) is 11.8. The quantitative estimate of drug-likeness (QED) is 0.341. The van der Waals surface area contributed by atoms with Gasteiger partial charge in [-0.15, -0.1) is 11.3 Å². The molecule has 2 aliphatic heterocycles. The fraction of sp³-hybridized carbons (Fsp3) is 0.222. The van der Waals surface area contributed by atoms with Crippen LogP contribution < -0.4 is 10.2 Å². The normalized spacial score (nSPS) is 14.9. The van der Waals surface area contributed by atoms with Crippen molar-refractivity contribution >= 4 is 56.3 Å². The number of hydrogen-bond acceptors (Lipinski definition) is 6. The standard InChI is InChI=1S/C27H23ClFN5OS/c28-20-14-18(7-8-21(20)29)32-26-25-19-10-13-34(15-23(19)36-27(25)31-16-30-26)24(35)6-3-11-33-12-9-17-4-1-2-5-22(17)33/h1-8,14,16H,9-13,15H2,(H,30,31,32). The summed E-state index contributed by atoms with van der Waals surface area (Å²) >= 11 is 7.53. The van der Waals surface area contributed by atoms with E-state index in [1.54, 1.807) is 23.5 Å². The van der Waals surface area contributed by atoms with Crippen LogP contribution in [0.3, 0.4) is 0 Å². The monoisotopic (exact) mass is 519 g/mol. The number of aromatic nitrogens is 2. The summed E-state index contributed by atoms with van der Waals surface area (Å²) in [6.45, 7) is 2.89. The molecule has 6 rings (SSSR count). The molecule has 2 aromatic carbocycles. The molecule has 182 valence electrons. The van der Waals surface area contributed by atoms with Crippen molar-refractivity contribution in [3.8, 4) is 0 Å². The number of benzene rings is 2. The number of fused-ring (bicyclic) bond motifs is 4. The maximum Gasteiger partial charge on any atom is 0.246 e. The van der Waals surface area contributed by atoms with Crippen molar-refractivity contribution in [2.24, 2.45) is 0 Å². The van der Waals surface area contributed by atoms with E-state index in [0.717, 1.165) is 46.6 Å². The molecule has 2 aliphatic rings. The van der Waals surface area contributed by atoms with Crippen LogP contribution in [0.1, 0.15) is 16.0 Å². The van der Waals surface area contributed by atoms with Gasteiger partial charge in [0.15, 0.2) is 0 Å². The maximum atomic E-state index is 13.6. The van der Waals surface area contributed by atoms with Crippen molar-refractivity contribution in [2.75, 3.05) is 29.9 Å². The van der Waals surface area contributed by atoms with E-state index in [1.807, 2.05) is 11.0 Å². The molecule has 1 N–H and O–H groups in total. The summed E-state index contributed by atoms with van der Waals surface area (Å²) in [6.07, 6.45) is 6.95. The minimum Gasteiger partial charge on any atom is -0.367 e. The molecular formula is C27H23ClFN5OS. The lowest BCUT2D eigenvalue weighted by atomic mass is 10.0. The number of halogens is 2. The maximum absolute atomic E-state index is 13.6. The zero-order valence-electron chi connectivity index (χ0n) is 19.4. The number of nitrogens with one attached hydrogen (secondary N) is 1. The lowest BCUT2D eigenvalue weighted by Gasteiger charge is -2.26. The topological polar surface area (TPSA) is 61.4 Å². The summed E-state index contributed by atoms with van der Waals surface area (Å²) in [6, 6.07) is 12.9. The van der Waals surface area contributed by atoms with Crippen molar-refractivity contribution in [1.82, 2.24) is 14.9 Å². The van der Waals surface area contributed by atoms with Crippen LogP contribution in [-0.4, -0.2) is 40.4 Å². The molecule has 4 heterocycles. The Morgan fingerprint density at radius 3 is 2.94 bits per heavy atom. The van der Waals surface area contributed by atoms with Crippen LogP contribution in [0, 0.1) is 5.82 Å². The molecule has 0 saturated carbocycles. The van der Waals surface area contributed by atoms with E-state index in [-0.39, 0.29) is 10.9 Å². The van der Waals surface area contributed by atoms with Crippen LogP contribution in [0.4, 0.5) is 21.6 Å². The molecule has 0 radical (unpaired) electrons. The molecule has 0 spiro atoms. The summed E-state index contributed by atoms with van der Waals surface area (Å²) in [7, 11) is 0. The predicted molar refractivity (Wildman–Crippen MR) is 143 cm³/mol. The van der Waals surface area contributed by atoms with E-state index < -0.39 is 5.82 Å². The Labute approximate surface area is 217 Å². The Bertz CT molecular complexity index is 1500. The molecule has 0 aliphatic carbocycles. The van der Waals surface area contributed by atoms with E-state index in [4.69, 9.17) is 11.6 Å². The van der Waals surface area contributed by atoms with Crippen LogP contribution in [0.25, 0.3) is 10.2 Å². The number of amides is 1. The Balaban J connectivity index is 1.17. The number of para-hydroxylation sites is 1. The van der Waals surface area contributed by atoms with Crippen molar-refractivity contribution in [1.29, 1.82) is 0 Å². The molecule has 6 nitrogen and oxygen atoms in total. The Kier molecular flexibility index (Phi) is 6.07. The van der Waals surface area contributed by atoms with Gasteiger partial charge in [0.05, 0.1) is 17.0 Å². The second kappa shape index (κ2) is 9.52. The van der Waals surface area contributed by atoms with Crippen molar-refractivity contribution in [3.05, 3.63) is 87.8 Å². The van der Waals surface area contributed by atoms with E-state index in [9.17, 15) is 9.18 Å². The van der Waals surface area contributed by atoms with E-state index in [0.29, 0.717) is 24.6 Å². The van der Waals surface area contributed by atoms with Gasteiger partial charge in [0, 0.05) is 42.0 Å². The SMILES string of the molecule is O=C(C=CCN1CCc2ccccc21)N1CCc2c(sc3ncnc(Nc4ccc(F)c(Cl)c4)c23)C1. The second-order valence-corrected chi connectivity index (χ2v) is 10.4. The molecule has 1 amide bonds. The summed E-state index contributed by atoms with van der Waals surface area (Å²) in [4.78, 5) is 28.0. The minimum absolute atomic E-state index is 0.0241. The number of carbonyl (C=O) groups excluding carboxylic acids is 1. The summed E-state index contributed by atoms with van der Waals surface area (Å²) in [5.41, 5.74) is 4.44. The Morgan fingerprint density at radius 2 is 2.06 bits per heavy atom. The van der Waals surface area contributed by atoms with Gasteiger partial charge in [-0.3, -0.25) is 4.79 Å². The summed E-state index contributed by atoms with van der Waals surface area (Å²) < 4.78 is 13.6. The molecule has 0 unspecified atom stereocenters. The van der Waals surface area contributed by atoms with Crippen LogP contribution in [0.2, 0.25) is 5.02 Å². The van der Waals surface area contributed by atoms with E-state index >= 15 is 0 Å². The average Bonchev–Trinajstić information content (AvgIpc) is 3.47. The van der Waals surface area contributed by atoms with Crippen molar-refractivity contribution in [2.45, 2.75) is 19.4 Å². The summed E-state index contributed by atoms with van der Waals surface area (Å²) in [5, 5.41) is 4.26. The molecule has 0 atom stereocenters. The van der Waals surface area contributed by atoms with Gasteiger partial charge in [-0.1, -0.05) is 35.9 Å². The average molecular weight is 520 g/mol. The number of rotatable bonds is 5. The highest BCUT2D eigenvalue weighted by Gasteiger charge is 2.26. The molecule has 4 aromatic rings. The lowest BCUT2D eigenvalue weighted by Crippen LogP contribution is -2.34. The first-order valence-corrected chi connectivity index (χ1v) is 13.0. The fourth-order valence-electron chi connectivity index (χ4n) is 4.90. The van der Waals surface area contributed by atoms with Gasteiger partial charge in [-0.25, -0.2) is 14.4 Å². The number of nitrogens with zero attached hydrogens (tertiary/aromatic N) is 4. The number of anilines is 3. The third kappa shape index (κ3) is 4.31. The molecule has 0 saturated heterocycles.